The molecule has 0 aliphatic heterocycles. The van der Waals surface area contributed by atoms with Gasteiger partial charge >= 0.3 is 0 Å². The normalized spacial score (nSPS) is 11.4. The van der Waals surface area contributed by atoms with Gasteiger partial charge in [0.2, 0.25) is 5.89 Å². The molecule has 0 saturated carbocycles. The maximum absolute atomic E-state index is 6.18. The van der Waals surface area contributed by atoms with Crippen LogP contribution in [0.5, 0.6) is 0 Å². The van der Waals surface area contributed by atoms with Gasteiger partial charge in [0.05, 0.1) is 0 Å². The minimum atomic E-state index is 0.627. The molecule has 5 aromatic carbocycles. The number of pyridine rings is 2. The highest BCUT2D eigenvalue weighted by molar-refractivity contribution is 6.05. The average molecular weight is 526 g/mol. The monoisotopic (exact) mass is 525 g/mol. The maximum atomic E-state index is 6.18. The van der Waals surface area contributed by atoms with E-state index >= 15 is 0 Å². The molecule has 4 nitrogen and oxygen atoms in total. The Morgan fingerprint density at radius 2 is 1.20 bits per heavy atom. The molecule has 8 rings (SSSR count). The second-order valence-corrected chi connectivity index (χ2v) is 10.1. The molecule has 3 aromatic heterocycles. The van der Waals surface area contributed by atoms with Gasteiger partial charge < -0.3 is 4.42 Å². The number of hydrogen-bond donors (Lipinski definition) is 0. The summed E-state index contributed by atoms with van der Waals surface area (Å²) in [5.41, 5.74) is 9.35. The molecule has 192 valence electrons. The fraction of sp³-hybridized carbons (Fsp3) is 0. The van der Waals surface area contributed by atoms with Gasteiger partial charge in [-0.05, 0) is 92.5 Å². The summed E-state index contributed by atoms with van der Waals surface area (Å²) in [5, 5.41) is 4.53. The molecule has 4 heteroatoms. The van der Waals surface area contributed by atoms with Gasteiger partial charge in [-0.15, -0.1) is 0 Å². The average Bonchev–Trinajstić information content (AvgIpc) is 3.48. The first-order valence-corrected chi connectivity index (χ1v) is 13.6. The van der Waals surface area contributed by atoms with E-state index in [4.69, 9.17) is 9.40 Å². The van der Waals surface area contributed by atoms with Gasteiger partial charge in [0.25, 0.3) is 0 Å². The number of para-hydroxylation sites is 2. The van der Waals surface area contributed by atoms with E-state index in [0.29, 0.717) is 5.89 Å². The molecule has 0 fully saturated rings. The smallest absolute Gasteiger partial charge is 0.227 e. The summed E-state index contributed by atoms with van der Waals surface area (Å²) in [7, 11) is 0. The van der Waals surface area contributed by atoms with Gasteiger partial charge in [0.1, 0.15) is 5.52 Å². The predicted octanol–water partition coefficient (Wildman–Crippen LogP) is 9.59. The van der Waals surface area contributed by atoms with Crippen LogP contribution in [-0.4, -0.2) is 15.0 Å². The SMILES string of the molecule is c1cncc(-c2cc(-c3cccc4ccncc34)cc(-c3ccc(-c4nc5ccccc5o4)c4ccccc34)c2)c1. The van der Waals surface area contributed by atoms with Crippen molar-refractivity contribution in [2.45, 2.75) is 0 Å². The Kier molecular flexibility index (Phi) is 5.42. The third-order valence-electron chi connectivity index (χ3n) is 7.68. The molecular weight excluding hydrogens is 502 g/mol. The van der Waals surface area contributed by atoms with Gasteiger partial charge in [-0.2, -0.15) is 0 Å². The largest absolute Gasteiger partial charge is 0.436 e. The Labute approximate surface area is 236 Å². The lowest BCUT2D eigenvalue weighted by Gasteiger charge is -2.15. The zero-order chi connectivity index (χ0) is 27.2. The third kappa shape index (κ3) is 4.05. The highest BCUT2D eigenvalue weighted by atomic mass is 16.3. The Bertz CT molecular complexity index is 2180. The van der Waals surface area contributed by atoms with Crippen molar-refractivity contribution < 1.29 is 4.42 Å². The van der Waals surface area contributed by atoms with E-state index in [1.165, 1.54) is 5.39 Å². The molecular formula is C37H23N3O. The van der Waals surface area contributed by atoms with E-state index in [1.54, 1.807) is 0 Å². The zero-order valence-electron chi connectivity index (χ0n) is 22.0. The van der Waals surface area contributed by atoms with E-state index in [1.807, 2.05) is 55.1 Å². The Morgan fingerprint density at radius 3 is 2.02 bits per heavy atom. The van der Waals surface area contributed by atoms with Crippen molar-refractivity contribution in [3.63, 3.8) is 0 Å². The summed E-state index contributed by atoms with van der Waals surface area (Å²) < 4.78 is 6.18. The third-order valence-corrected chi connectivity index (χ3v) is 7.68. The highest BCUT2D eigenvalue weighted by Gasteiger charge is 2.16. The zero-order valence-corrected chi connectivity index (χ0v) is 22.0. The molecule has 41 heavy (non-hydrogen) atoms. The summed E-state index contributed by atoms with van der Waals surface area (Å²) in [5.74, 6) is 0.627. The molecule has 0 bridgehead atoms. The minimum absolute atomic E-state index is 0.627. The number of rotatable bonds is 4. The molecule has 0 spiro atoms. The molecule has 0 saturated heterocycles. The molecule has 0 aliphatic rings. The van der Waals surface area contributed by atoms with Crippen LogP contribution in [0.1, 0.15) is 0 Å². The number of aromatic nitrogens is 3. The molecule has 0 radical (unpaired) electrons. The summed E-state index contributed by atoms with van der Waals surface area (Å²) in [6.45, 7) is 0. The molecule has 0 aliphatic carbocycles. The Hall–Kier alpha value is -5.61. The van der Waals surface area contributed by atoms with Crippen LogP contribution >= 0.6 is 0 Å². The lowest BCUT2D eigenvalue weighted by Crippen LogP contribution is -1.90. The quantitative estimate of drug-likeness (QED) is 0.230. The van der Waals surface area contributed by atoms with Crippen molar-refractivity contribution in [2.24, 2.45) is 0 Å². The van der Waals surface area contributed by atoms with Crippen LogP contribution in [0.4, 0.5) is 0 Å². The second kappa shape index (κ2) is 9.54. The van der Waals surface area contributed by atoms with Gasteiger partial charge in [-0.1, -0.05) is 66.7 Å². The van der Waals surface area contributed by atoms with Crippen molar-refractivity contribution in [1.29, 1.82) is 0 Å². The van der Waals surface area contributed by atoms with E-state index in [0.717, 1.165) is 66.2 Å². The molecule has 0 N–H and O–H groups in total. The van der Waals surface area contributed by atoms with Crippen LogP contribution in [0.3, 0.4) is 0 Å². The number of hydrogen-bond acceptors (Lipinski definition) is 4. The van der Waals surface area contributed by atoms with Crippen LogP contribution in [0.25, 0.3) is 77.5 Å². The Morgan fingerprint density at radius 1 is 0.463 bits per heavy atom. The van der Waals surface area contributed by atoms with Crippen LogP contribution in [-0.2, 0) is 0 Å². The van der Waals surface area contributed by atoms with E-state index in [2.05, 4.69) is 94.9 Å². The van der Waals surface area contributed by atoms with Gasteiger partial charge in [0.15, 0.2) is 5.58 Å². The topological polar surface area (TPSA) is 51.8 Å². The van der Waals surface area contributed by atoms with Crippen LogP contribution in [0, 0.1) is 0 Å². The van der Waals surface area contributed by atoms with Crippen molar-refractivity contribution in [3.05, 3.63) is 140 Å². The number of nitrogens with zero attached hydrogens (tertiary/aromatic N) is 3. The number of fused-ring (bicyclic) bond motifs is 3. The Balaban J connectivity index is 1.37. The molecule has 0 unspecified atom stereocenters. The minimum Gasteiger partial charge on any atom is -0.436 e. The lowest BCUT2D eigenvalue weighted by atomic mass is 9.89. The first-order valence-electron chi connectivity index (χ1n) is 13.6. The van der Waals surface area contributed by atoms with Crippen LogP contribution in [0.15, 0.2) is 144 Å². The predicted molar refractivity (Wildman–Crippen MR) is 166 cm³/mol. The van der Waals surface area contributed by atoms with Gasteiger partial charge in [0, 0.05) is 41.3 Å². The van der Waals surface area contributed by atoms with Crippen molar-refractivity contribution >= 4 is 32.6 Å². The van der Waals surface area contributed by atoms with Gasteiger partial charge in [-0.3, -0.25) is 9.97 Å². The molecule has 3 heterocycles. The van der Waals surface area contributed by atoms with E-state index in [9.17, 15) is 0 Å². The number of benzene rings is 5. The van der Waals surface area contributed by atoms with Crippen molar-refractivity contribution in [2.75, 3.05) is 0 Å². The lowest BCUT2D eigenvalue weighted by molar-refractivity contribution is 0.620. The standard InChI is InChI=1S/C37H23N3O/c1-2-10-32-31(9-1)30(14-15-33(32)37-40-35-12-3-4-13-36(35)41-37)28-20-26(25-8-6-17-38-22-25)19-27(21-28)29-11-5-7-24-16-18-39-23-34(24)29/h1-23H. The van der Waals surface area contributed by atoms with Crippen LogP contribution in [0.2, 0.25) is 0 Å². The van der Waals surface area contributed by atoms with Crippen LogP contribution < -0.4 is 0 Å². The molecule has 0 amide bonds. The highest BCUT2D eigenvalue weighted by Crippen LogP contribution is 2.40. The van der Waals surface area contributed by atoms with E-state index < -0.39 is 0 Å². The summed E-state index contributed by atoms with van der Waals surface area (Å²) in [6.07, 6.45) is 7.52. The van der Waals surface area contributed by atoms with Gasteiger partial charge in [-0.25, -0.2) is 4.98 Å². The number of oxazole rings is 1. The first kappa shape index (κ1) is 23.3. The fourth-order valence-electron chi connectivity index (χ4n) is 5.73. The summed E-state index contributed by atoms with van der Waals surface area (Å²) in [6, 6.07) is 40.0. The van der Waals surface area contributed by atoms with Crippen molar-refractivity contribution in [1.82, 2.24) is 15.0 Å². The fourth-order valence-corrected chi connectivity index (χ4v) is 5.73. The molecule has 0 atom stereocenters. The second-order valence-electron chi connectivity index (χ2n) is 10.1. The summed E-state index contributed by atoms with van der Waals surface area (Å²) in [4.78, 5) is 13.6. The maximum Gasteiger partial charge on any atom is 0.227 e. The van der Waals surface area contributed by atoms with E-state index in [-0.39, 0.29) is 0 Å². The molecule has 8 aromatic rings. The summed E-state index contributed by atoms with van der Waals surface area (Å²) >= 11 is 0. The van der Waals surface area contributed by atoms with Crippen molar-refractivity contribution in [3.8, 4) is 44.8 Å². The first-order chi connectivity index (χ1) is 20.3.